The van der Waals surface area contributed by atoms with E-state index in [0.717, 1.165) is 19.5 Å². The molecule has 1 aliphatic heterocycles. The van der Waals surface area contributed by atoms with Crippen LogP contribution in [0.4, 0.5) is 4.79 Å². The van der Waals surface area contributed by atoms with Gasteiger partial charge in [0.1, 0.15) is 0 Å². The third-order valence-electron chi connectivity index (χ3n) is 3.85. The van der Waals surface area contributed by atoms with Crippen molar-refractivity contribution in [2.75, 3.05) is 26.2 Å². The van der Waals surface area contributed by atoms with Crippen LogP contribution in [0.1, 0.15) is 32.6 Å². The fourth-order valence-electron chi connectivity index (χ4n) is 2.57. The molecule has 5 nitrogen and oxygen atoms in total. The van der Waals surface area contributed by atoms with Crippen LogP contribution in [-0.4, -0.2) is 53.1 Å². The molecule has 0 aromatic carbocycles. The van der Waals surface area contributed by atoms with Crippen LogP contribution in [0.3, 0.4) is 0 Å². The van der Waals surface area contributed by atoms with E-state index in [2.05, 4.69) is 0 Å². The van der Waals surface area contributed by atoms with Gasteiger partial charge in [-0.05, 0) is 38.0 Å². The Kier molecular flexibility index (Phi) is 4.09. The summed E-state index contributed by atoms with van der Waals surface area (Å²) < 4.78 is 0. The molecule has 1 N–H and O–H groups in total. The lowest BCUT2D eigenvalue weighted by molar-refractivity contribution is -0.138. The van der Waals surface area contributed by atoms with E-state index in [1.54, 1.807) is 0 Å². The van der Waals surface area contributed by atoms with Gasteiger partial charge in [-0.2, -0.15) is 0 Å². The molecule has 0 aromatic heterocycles. The first-order valence-electron chi connectivity index (χ1n) is 6.85. The van der Waals surface area contributed by atoms with Gasteiger partial charge in [0.05, 0.1) is 0 Å². The van der Waals surface area contributed by atoms with Crippen LogP contribution in [0.25, 0.3) is 0 Å². The normalized spacial score (nSPS) is 23.2. The summed E-state index contributed by atoms with van der Waals surface area (Å²) in [6, 6.07) is 0.0947. The number of nitrogens with zero attached hydrogens (tertiary/aromatic N) is 2. The van der Waals surface area contributed by atoms with Crippen molar-refractivity contribution in [3.63, 3.8) is 0 Å². The Labute approximate surface area is 108 Å². The van der Waals surface area contributed by atoms with E-state index >= 15 is 0 Å². The molecule has 1 heterocycles. The molecule has 1 saturated heterocycles. The van der Waals surface area contributed by atoms with E-state index in [1.807, 2.05) is 16.7 Å². The van der Waals surface area contributed by atoms with Crippen molar-refractivity contribution >= 4 is 12.0 Å². The first-order chi connectivity index (χ1) is 8.60. The van der Waals surface area contributed by atoms with Gasteiger partial charge in [-0.15, -0.1) is 0 Å². The predicted octanol–water partition coefficient (Wildman–Crippen LogP) is 1.63. The second-order valence-electron chi connectivity index (χ2n) is 5.46. The van der Waals surface area contributed by atoms with Crippen molar-refractivity contribution in [1.29, 1.82) is 0 Å². The van der Waals surface area contributed by atoms with E-state index in [4.69, 9.17) is 5.11 Å². The van der Waals surface area contributed by atoms with Crippen LogP contribution in [0.5, 0.6) is 0 Å². The molecule has 2 fully saturated rings. The summed E-state index contributed by atoms with van der Waals surface area (Å²) in [6.45, 7) is 4.93. The standard InChI is InChI=1S/C13H22N2O3/c1-2-14(8-10-3-4-10)13(18)15-6-5-11(9-15)7-12(16)17/h10-11H,2-9H2,1H3,(H,16,17). The molecule has 2 aliphatic rings. The van der Waals surface area contributed by atoms with Crippen molar-refractivity contribution in [2.24, 2.45) is 11.8 Å². The SMILES string of the molecule is CCN(CC1CC1)C(=O)N1CCC(CC(=O)O)C1. The first kappa shape index (κ1) is 13.2. The number of hydrogen-bond donors (Lipinski definition) is 1. The molecule has 1 aliphatic carbocycles. The molecular weight excluding hydrogens is 232 g/mol. The molecule has 2 amide bonds. The third kappa shape index (κ3) is 3.37. The van der Waals surface area contributed by atoms with E-state index in [-0.39, 0.29) is 18.4 Å². The smallest absolute Gasteiger partial charge is 0.320 e. The zero-order chi connectivity index (χ0) is 13.1. The van der Waals surface area contributed by atoms with Crippen molar-refractivity contribution in [3.8, 4) is 0 Å². The molecule has 2 rings (SSSR count). The quantitative estimate of drug-likeness (QED) is 0.811. The third-order valence-corrected chi connectivity index (χ3v) is 3.85. The Morgan fingerprint density at radius 2 is 2.00 bits per heavy atom. The molecular formula is C13H22N2O3. The summed E-state index contributed by atoms with van der Waals surface area (Å²) in [5.41, 5.74) is 0. The number of rotatable bonds is 5. The van der Waals surface area contributed by atoms with Gasteiger partial charge in [0, 0.05) is 32.6 Å². The van der Waals surface area contributed by atoms with Gasteiger partial charge in [-0.25, -0.2) is 4.79 Å². The lowest BCUT2D eigenvalue weighted by atomic mass is 10.1. The molecule has 1 saturated carbocycles. The zero-order valence-corrected chi connectivity index (χ0v) is 11.0. The molecule has 18 heavy (non-hydrogen) atoms. The Balaban J connectivity index is 1.82. The maximum Gasteiger partial charge on any atom is 0.320 e. The van der Waals surface area contributed by atoms with Crippen LogP contribution in [-0.2, 0) is 4.79 Å². The highest BCUT2D eigenvalue weighted by Gasteiger charge is 2.32. The number of likely N-dealkylation sites (tertiary alicyclic amines) is 1. The van der Waals surface area contributed by atoms with E-state index in [0.29, 0.717) is 19.0 Å². The number of carbonyl (C=O) groups excluding carboxylic acids is 1. The molecule has 5 heteroatoms. The second-order valence-corrected chi connectivity index (χ2v) is 5.46. The topological polar surface area (TPSA) is 60.9 Å². The Morgan fingerprint density at radius 1 is 1.28 bits per heavy atom. The van der Waals surface area contributed by atoms with Crippen molar-refractivity contribution in [1.82, 2.24) is 9.80 Å². The number of carboxylic acid groups (broad SMARTS) is 1. The number of aliphatic carboxylic acids is 1. The van der Waals surface area contributed by atoms with Crippen LogP contribution >= 0.6 is 0 Å². The summed E-state index contributed by atoms with van der Waals surface area (Å²) in [4.78, 5) is 26.7. The molecule has 1 atom stereocenters. The second kappa shape index (κ2) is 5.59. The van der Waals surface area contributed by atoms with E-state index in [9.17, 15) is 9.59 Å². The molecule has 1 unspecified atom stereocenters. The molecule has 0 aromatic rings. The lowest BCUT2D eigenvalue weighted by Gasteiger charge is -2.27. The zero-order valence-electron chi connectivity index (χ0n) is 11.0. The van der Waals surface area contributed by atoms with Crippen LogP contribution in [0.2, 0.25) is 0 Å². The fourth-order valence-corrected chi connectivity index (χ4v) is 2.57. The van der Waals surface area contributed by atoms with Gasteiger partial charge in [0.15, 0.2) is 0 Å². The average molecular weight is 254 g/mol. The molecule has 0 spiro atoms. The summed E-state index contributed by atoms with van der Waals surface area (Å²) >= 11 is 0. The maximum absolute atomic E-state index is 12.3. The highest BCUT2D eigenvalue weighted by molar-refractivity contribution is 5.75. The van der Waals surface area contributed by atoms with Gasteiger partial charge < -0.3 is 14.9 Å². The van der Waals surface area contributed by atoms with Gasteiger partial charge >= 0.3 is 12.0 Å². The van der Waals surface area contributed by atoms with Crippen LogP contribution in [0, 0.1) is 11.8 Å². The summed E-state index contributed by atoms with van der Waals surface area (Å²) in [6.07, 6.45) is 3.48. The van der Waals surface area contributed by atoms with Crippen LogP contribution in [0.15, 0.2) is 0 Å². The summed E-state index contributed by atoms with van der Waals surface area (Å²) in [5, 5.41) is 8.77. The first-order valence-corrected chi connectivity index (χ1v) is 6.85. The number of urea groups is 1. The summed E-state index contributed by atoms with van der Waals surface area (Å²) in [5.74, 6) is 0.0667. The van der Waals surface area contributed by atoms with Gasteiger partial charge in [-0.1, -0.05) is 0 Å². The Bertz CT molecular complexity index is 328. The van der Waals surface area contributed by atoms with Crippen LogP contribution < -0.4 is 0 Å². The Morgan fingerprint density at radius 3 is 2.56 bits per heavy atom. The molecule has 102 valence electrons. The van der Waals surface area contributed by atoms with Crippen molar-refractivity contribution in [2.45, 2.75) is 32.6 Å². The fraction of sp³-hybridized carbons (Fsp3) is 0.846. The van der Waals surface area contributed by atoms with Gasteiger partial charge in [0.25, 0.3) is 0 Å². The largest absolute Gasteiger partial charge is 0.481 e. The predicted molar refractivity (Wildman–Crippen MR) is 67.3 cm³/mol. The number of hydrogen-bond acceptors (Lipinski definition) is 2. The van der Waals surface area contributed by atoms with E-state index in [1.165, 1.54) is 12.8 Å². The number of amides is 2. The lowest BCUT2D eigenvalue weighted by Crippen LogP contribution is -2.43. The Hall–Kier alpha value is -1.26. The number of carboxylic acids is 1. The molecule has 0 radical (unpaired) electrons. The minimum atomic E-state index is -0.764. The van der Waals surface area contributed by atoms with Gasteiger partial charge in [0.2, 0.25) is 0 Å². The van der Waals surface area contributed by atoms with Crippen molar-refractivity contribution < 1.29 is 14.7 Å². The van der Waals surface area contributed by atoms with E-state index < -0.39 is 5.97 Å². The van der Waals surface area contributed by atoms with Crippen molar-refractivity contribution in [3.05, 3.63) is 0 Å². The number of carbonyl (C=O) groups is 2. The minimum Gasteiger partial charge on any atom is -0.481 e. The molecule has 0 bridgehead atoms. The highest BCUT2D eigenvalue weighted by Crippen LogP contribution is 2.30. The maximum atomic E-state index is 12.3. The highest BCUT2D eigenvalue weighted by atomic mass is 16.4. The minimum absolute atomic E-state index is 0.0947. The monoisotopic (exact) mass is 254 g/mol. The van der Waals surface area contributed by atoms with Gasteiger partial charge in [-0.3, -0.25) is 4.79 Å². The average Bonchev–Trinajstić information content (AvgIpc) is 3.03. The summed E-state index contributed by atoms with van der Waals surface area (Å²) in [7, 11) is 0.